The van der Waals surface area contributed by atoms with Crippen molar-refractivity contribution >= 4 is 28.7 Å². The first kappa shape index (κ1) is 16.6. The third kappa shape index (κ3) is 3.62. The predicted octanol–water partition coefficient (Wildman–Crippen LogP) is 4.03. The topological polar surface area (TPSA) is 46.9 Å². The largest absolute Gasteiger partial charge is 0.349 e. The maximum atomic E-state index is 12.2. The third-order valence-electron chi connectivity index (χ3n) is 3.95. The zero-order valence-corrected chi connectivity index (χ0v) is 14.7. The van der Waals surface area contributed by atoms with E-state index in [4.69, 9.17) is 0 Å². The van der Waals surface area contributed by atoms with Crippen molar-refractivity contribution in [3.05, 3.63) is 60.2 Å². The summed E-state index contributed by atoms with van der Waals surface area (Å²) in [5.74, 6) is 0.381. The van der Waals surface area contributed by atoms with E-state index < -0.39 is 0 Å². The van der Waals surface area contributed by atoms with E-state index in [0.29, 0.717) is 5.75 Å². The molecule has 3 rings (SSSR count). The number of rotatable bonds is 6. The normalized spacial score (nSPS) is 12.2. The van der Waals surface area contributed by atoms with Crippen molar-refractivity contribution < 1.29 is 4.79 Å². The minimum atomic E-state index is 0.00397. The maximum absolute atomic E-state index is 12.2. The van der Waals surface area contributed by atoms with Crippen molar-refractivity contribution in [1.82, 2.24) is 14.9 Å². The zero-order chi connectivity index (χ0) is 16.9. The number of carbonyl (C=O) groups is 1. The van der Waals surface area contributed by atoms with Gasteiger partial charge in [0.05, 0.1) is 22.8 Å². The summed E-state index contributed by atoms with van der Waals surface area (Å²) in [6.07, 6.45) is 0. The van der Waals surface area contributed by atoms with Gasteiger partial charge in [0.15, 0.2) is 5.16 Å². The van der Waals surface area contributed by atoms with Gasteiger partial charge in [-0.05, 0) is 31.5 Å². The highest BCUT2D eigenvalue weighted by Crippen LogP contribution is 2.24. The lowest BCUT2D eigenvalue weighted by molar-refractivity contribution is -0.119. The number of nitrogens with one attached hydrogen (secondary N) is 1. The Morgan fingerprint density at radius 3 is 2.62 bits per heavy atom. The second-order valence-corrected chi connectivity index (χ2v) is 6.56. The molecular formula is C19H21N3OS. The lowest BCUT2D eigenvalue weighted by Crippen LogP contribution is -2.28. The Bertz CT molecular complexity index is 829. The fourth-order valence-corrected chi connectivity index (χ4v) is 3.60. The number of hydrogen-bond acceptors (Lipinski definition) is 3. The summed E-state index contributed by atoms with van der Waals surface area (Å²) in [7, 11) is 0. The lowest BCUT2D eigenvalue weighted by atomic mass is 10.1. The molecule has 1 atom stereocenters. The number of benzene rings is 2. The average molecular weight is 339 g/mol. The molecular weight excluding hydrogens is 318 g/mol. The molecule has 0 aliphatic carbocycles. The first-order valence-corrected chi connectivity index (χ1v) is 9.10. The number of amides is 1. The van der Waals surface area contributed by atoms with Gasteiger partial charge < -0.3 is 9.88 Å². The molecule has 0 aliphatic heterocycles. The molecule has 0 saturated heterocycles. The minimum Gasteiger partial charge on any atom is -0.349 e. The van der Waals surface area contributed by atoms with E-state index >= 15 is 0 Å². The number of fused-ring (bicyclic) bond motifs is 1. The Morgan fingerprint density at radius 1 is 1.17 bits per heavy atom. The molecule has 0 bridgehead atoms. The summed E-state index contributed by atoms with van der Waals surface area (Å²) < 4.78 is 2.15. The second kappa shape index (κ2) is 7.53. The number of carbonyl (C=O) groups excluding carboxylic acids is 1. The molecule has 3 aromatic rings. The SMILES string of the molecule is CCn1c(SCC(=O)N[C@H](C)c2ccccc2)nc2ccccc21. The first-order valence-electron chi connectivity index (χ1n) is 8.11. The Hall–Kier alpha value is -2.27. The highest BCUT2D eigenvalue weighted by molar-refractivity contribution is 7.99. The number of aryl methyl sites for hydroxylation is 1. The van der Waals surface area contributed by atoms with Crippen LogP contribution in [0.4, 0.5) is 0 Å². The van der Waals surface area contributed by atoms with E-state index in [-0.39, 0.29) is 11.9 Å². The Morgan fingerprint density at radius 2 is 1.88 bits per heavy atom. The van der Waals surface area contributed by atoms with Crippen LogP contribution in [0.3, 0.4) is 0 Å². The fourth-order valence-electron chi connectivity index (χ4n) is 2.71. The summed E-state index contributed by atoms with van der Waals surface area (Å²) >= 11 is 1.48. The molecule has 5 heteroatoms. The maximum Gasteiger partial charge on any atom is 0.230 e. The summed E-state index contributed by atoms with van der Waals surface area (Å²) in [6, 6.07) is 18.1. The summed E-state index contributed by atoms with van der Waals surface area (Å²) in [4.78, 5) is 16.9. The van der Waals surface area contributed by atoms with Crippen molar-refractivity contribution in [1.29, 1.82) is 0 Å². The highest BCUT2D eigenvalue weighted by Gasteiger charge is 2.13. The lowest BCUT2D eigenvalue weighted by Gasteiger charge is -2.14. The van der Waals surface area contributed by atoms with E-state index in [2.05, 4.69) is 27.9 Å². The quantitative estimate of drug-likeness (QED) is 0.690. The van der Waals surface area contributed by atoms with Gasteiger partial charge in [-0.15, -0.1) is 0 Å². The molecule has 0 spiro atoms. The fraction of sp³-hybridized carbons (Fsp3) is 0.263. The van der Waals surface area contributed by atoms with Crippen LogP contribution in [0.15, 0.2) is 59.8 Å². The average Bonchev–Trinajstić information content (AvgIpc) is 2.98. The van der Waals surface area contributed by atoms with Crippen LogP contribution in [0.1, 0.15) is 25.5 Å². The number of para-hydroxylation sites is 2. The highest BCUT2D eigenvalue weighted by atomic mass is 32.2. The van der Waals surface area contributed by atoms with E-state index in [1.54, 1.807) is 0 Å². The third-order valence-corrected chi connectivity index (χ3v) is 4.92. The van der Waals surface area contributed by atoms with E-state index in [9.17, 15) is 4.79 Å². The standard InChI is InChI=1S/C19H21N3OS/c1-3-22-17-12-8-7-11-16(17)21-19(22)24-13-18(23)20-14(2)15-9-5-4-6-10-15/h4-12,14H,3,13H2,1-2H3,(H,20,23)/t14-/m1/s1. The number of thioether (sulfide) groups is 1. The molecule has 1 N–H and O–H groups in total. The van der Waals surface area contributed by atoms with E-state index in [0.717, 1.165) is 28.3 Å². The monoisotopic (exact) mass is 339 g/mol. The van der Waals surface area contributed by atoms with Gasteiger partial charge in [0.2, 0.25) is 5.91 Å². The molecule has 0 radical (unpaired) electrons. The molecule has 1 amide bonds. The van der Waals surface area contributed by atoms with Gasteiger partial charge in [0.1, 0.15) is 0 Å². The zero-order valence-electron chi connectivity index (χ0n) is 13.9. The Balaban J connectivity index is 1.64. The molecule has 0 fully saturated rings. The van der Waals surface area contributed by atoms with Gasteiger partial charge in [0, 0.05) is 6.54 Å². The predicted molar refractivity (Wildman–Crippen MR) is 99.1 cm³/mol. The van der Waals surface area contributed by atoms with Gasteiger partial charge in [-0.25, -0.2) is 4.98 Å². The summed E-state index contributed by atoms with van der Waals surface area (Å²) in [5, 5.41) is 3.93. The van der Waals surface area contributed by atoms with Gasteiger partial charge in [-0.3, -0.25) is 4.79 Å². The molecule has 1 heterocycles. The number of aromatic nitrogens is 2. The summed E-state index contributed by atoms with van der Waals surface area (Å²) in [5.41, 5.74) is 3.19. The molecule has 1 aromatic heterocycles. The molecule has 2 aromatic carbocycles. The minimum absolute atomic E-state index is 0.00397. The van der Waals surface area contributed by atoms with Crippen molar-refractivity contribution in [2.75, 3.05) is 5.75 Å². The van der Waals surface area contributed by atoms with Crippen molar-refractivity contribution in [2.45, 2.75) is 31.6 Å². The van der Waals surface area contributed by atoms with Gasteiger partial charge in [0.25, 0.3) is 0 Å². The van der Waals surface area contributed by atoms with Crippen LogP contribution in [0.2, 0.25) is 0 Å². The number of hydrogen-bond donors (Lipinski definition) is 1. The molecule has 0 saturated carbocycles. The van der Waals surface area contributed by atoms with E-state index in [1.165, 1.54) is 11.8 Å². The van der Waals surface area contributed by atoms with Crippen molar-refractivity contribution in [3.8, 4) is 0 Å². The van der Waals surface area contributed by atoms with E-state index in [1.807, 2.05) is 55.5 Å². The van der Waals surface area contributed by atoms with Crippen molar-refractivity contribution in [2.24, 2.45) is 0 Å². The molecule has 0 unspecified atom stereocenters. The smallest absolute Gasteiger partial charge is 0.230 e. The van der Waals surface area contributed by atoms with Crippen LogP contribution in [0.25, 0.3) is 11.0 Å². The molecule has 124 valence electrons. The van der Waals surface area contributed by atoms with Gasteiger partial charge in [-0.1, -0.05) is 54.2 Å². The van der Waals surface area contributed by atoms with Crippen LogP contribution in [0, 0.1) is 0 Å². The Kier molecular flexibility index (Phi) is 5.20. The summed E-state index contributed by atoms with van der Waals surface area (Å²) in [6.45, 7) is 4.93. The van der Waals surface area contributed by atoms with Crippen LogP contribution in [-0.2, 0) is 11.3 Å². The number of imidazole rings is 1. The first-order chi connectivity index (χ1) is 11.7. The molecule has 4 nitrogen and oxygen atoms in total. The second-order valence-electron chi connectivity index (χ2n) is 5.62. The molecule has 24 heavy (non-hydrogen) atoms. The van der Waals surface area contributed by atoms with Crippen LogP contribution in [-0.4, -0.2) is 21.2 Å². The van der Waals surface area contributed by atoms with Gasteiger partial charge in [-0.2, -0.15) is 0 Å². The van der Waals surface area contributed by atoms with Crippen LogP contribution >= 0.6 is 11.8 Å². The van der Waals surface area contributed by atoms with Crippen LogP contribution in [0.5, 0.6) is 0 Å². The van der Waals surface area contributed by atoms with Gasteiger partial charge >= 0.3 is 0 Å². The van der Waals surface area contributed by atoms with Crippen LogP contribution < -0.4 is 5.32 Å². The van der Waals surface area contributed by atoms with Crippen molar-refractivity contribution in [3.63, 3.8) is 0 Å². The number of nitrogens with zero attached hydrogens (tertiary/aromatic N) is 2. The molecule has 0 aliphatic rings. The Labute approximate surface area is 146 Å².